The molecular formula is C13H15ClN4O2. The zero-order valence-corrected chi connectivity index (χ0v) is 12.0. The van der Waals surface area contributed by atoms with E-state index in [4.69, 9.17) is 16.3 Å². The van der Waals surface area contributed by atoms with Gasteiger partial charge in [0.05, 0.1) is 7.11 Å². The highest BCUT2D eigenvalue weighted by Crippen LogP contribution is 2.17. The second kappa shape index (κ2) is 6.38. The number of nitrogens with one attached hydrogen (secondary N) is 2. The Hall–Kier alpha value is -2.08. The summed E-state index contributed by atoms with van der Waals surface area (Å²) in [6.07, 6.45) is 0.944. The number of carbonyl (C=O) groups is 1. The summed E-state index contributed by atoms with van der Waals surface area (Å²) < 4.78 is 4.81. The second-order valence-corrected chi connectivity index (χ2v) is 4.71. The van der Waals surface area contributed by atoms with E-state index in [2.05, 4.69) is 20.5 Å². The molecule has 0 radical (unpaired) electrons. The molecule has 0 atom stereocenters. The minimum Gasteiger partial charge on any atom is -0.466 e. The molecule has 2 aromatic rings. The number of rotatable bonds is 5. The van der Waals surface area contributed by atoms with Gasteiger partial charge in [-0.25, -0.2) is 5.10 Å². The lowest BCUT2D eigenvalue weighted by Crippen LogP contribution is -2.13. The fourth-order valence-corrected chi connectivity index (χ4v) is 1.84. The van der Waals surface area contributed by atoms with E-state index in [1.807, 2.05) is 25.1 Å². The predicted octanol–water partition coefficient (Wildman–Crippen LogP) is 2.35. The van der Waals surface area contributed by atoms with Crippen LogP contribution in [0.1, 0.15) is 17.5 Å². The summed E-state index contributed by atoms with van der Waals surface area (Å²) in [5.41, 5.74) is 2.04. The lowest BCUT2D eigenvalue weighted by Gasteiger charge is -2.04. The van der Waals surface area contributed by atoms with Gasteiger partial charge in [-0.3, -0.25) is 10.1 Å². The second-order valence-electron chi connectivity index (χ2n) is 4.30. The zero-order chi connectivity index (χ0) is 14.5. The van der Waals surface area contributed by atoms with Crippen LogP contribution in [0.15, 0.2) is 18.2 Å². The molecule has 0 saturated heterocycles. The van der Waals surface area contributed by atoms with E-state index in [9.17, 15) is 4.79 Å². The average Bonchev–Trinajstić information content (AvgIpc) is 2.88. The van der Waals surface area contributed by atoms with E-state index in [0.29, 0.717) is 17.9 Å². The van der Waals surface area contributed by atoms with E-state index in [1.54, 1.807) is 0 Å². The lowest BCUT2D eigenvalue weighted by atomic mass is 10.1. The first-order valence-corrected chi connectivity index (χ1v) is 6.47. The number of nitrogens with zero attached hydrogens (tertiary/aromatic N) is 2. The number of aromatic nitrogens is 3. The van der Waals surface area contributed by atoms with Crippen LogP contribution in [0.5, 0.6) is 6.01 Å². The number of halogens is 1. The molecule has 6 nitrogen and oxygen atoms in total. The normalized spacial score (nSPS) is 10.3. The quantitative estimate of drug-likeness (QED) is 0.887. The molecule has 0 unspecified atom stereocenters. The van der Waals surface area contributed by atoms with E-state index < -0.39 is 0 Å². The van der Waals surface area contributed by atoms with Gasteiger partial charge in [0.15, 0.2) is 0 Å². The van der Waals surface area contributed by atoms with Gasteiger partial charge >= 0.3 is 6.01 Å². The van der Waals surface area contributed by atoms with Crippen molar-refractivity contribution in [2.75, 3.05) is 12.4 Å². The number of H-pyrrole nitrogens is 1. The molecule has 0 bridgehead atoms. The summed E-state index contributed by atoms with van der Waals surface area (Å²) in [5, 5.41) is 9.62. The first-order valence-electron chi connectivity index (χ1n) is 6.10. The molecular weight excluding hydrogens is 280 g/mol. The standard InChI is InChI=1S/C13H15ClN4O2/c1-8-3-4-9(7-10(8)14)5-6-11(19)15-12-16-13(20-2)18-17-12/h3-4,7H,5-6H2,1-2H3,(H2,15,16,17,18,19). The predicted molar refractivity (Wildman–Crippen MR) is 76.1 cm³/mol. The smallest absolute Gasteiger partial charge is 0.336 e. The van der Waals surface area contributed by atoms with E-state index in [1.165, 1.54) is 7.11 Å². The van der Waals surface area contributed by atoms with Gasteiger partial charge in [0.25, 0.3) is 0 Å². The average molecular weight is 295 g/mol. The van der Waals surface area contributed by atoms with Gasteiger partial charge in [-0.2, -0.15) is 4.98 Å². The molecule has 2 N–H and O–H groups in total. The largest absolute Gasteiger partial charge is 0.466 e. The number of anilines is 1. The Balaban J connectivity index is 1.87. The number of benzene rings is 1. The van der Waals surface area contributed by atoms with Crippen LogP contribution in [0, 0.1) is 6.92 Å². The maximum absolute atomic E-state index is 11.8. The van der Waals surface area contributed by atoms with Crippen LogP contribution in [-0.4, -0.2) is 28.2 Å². The number of ether oxygens (including phenoxy) is 1. The number of carbonyl (C=O) groups excluding carboxylic acids is 1. The van der Waals surface area contributed by atoms with E-state index in [0.717, 1.165) is 11.1 Å². The highest BCUT2D eigenvalue weighted by atomic mass is 35.5. The van der Waals surface area contributed by atoms with Crippen molar-refractivity contribution in [3.05, 3.63) is 34.3 Å². The third kappa shape index (κ3) is 3.71. The van der Waals surface area contributed by atoms with Gasteiger partial charge in [0.1, 0.15) is 0 Å². The van der Waals surface area contributed by atoms with Crippen LogP contribution in [0.2, 0.25) is 5.02 Å². The van der Waals surface area contributed by atoms with E-state index >= 15 is 0 Å². The lowest BCUT2D eigenvalue weighted by molar-refractivity contribution is -0.116. The third-order valence-electron chi connectivity index (χ3n) is 2.78. The number of aryl methyl sites for hydroxylation is 2. The fourth-order valence-electron chi connectivity index (χ4n) is 1.64. The summed E-state index contributed by atoms with van der Waals surface area (Å²) in [4.78, 5) is 15.7. The number of hydrogen-bond donors (Lipinski definition) is 2. The van der Waals surface area contributed by atoms with Gasteiger partial charge in [-0.1, -0.05) is 23.7 Å². The Morgan fingerprint density at radius 3 is 2.95 bits per heavy atom. The molecule has 0 spiro atoms. The highest BCUT2D eigenvalue weighted by molar-refractivity contribution is 6.31. The van der Waals surface area contributed by atoms with Gasteiger partial charge < -0.3 is 4.74 Å². The number of aromatic amines is 1. The van der Waals surface area contributed by atoms with Crippen LogP contribution in [0.25, 0.3) is 0 Å². The van der Waals surface area contributed by atoms with Crippen molar-refractivity contribution in [2.45, 2.75) is 19.8 Å². The molecule has 2 rings (SSSR count). The van der Waals surface area contributed by atoms with Crippen molar-refractivity contribution in [3.8, 4) is 6.01 Å². The van der Waals surface area contributed by atoms with Crippen LogP contribution in [0.4, 0.5) is 5.95 Å². The summed E-state index contributed by atoms with van der Waals surface area (Å²) in [7, 11) is 1.45. The Labute approximate surface area is 121 Å². The van der Waals surface area contributed by atoms with Gasteiger partial charge in [-0.15, -0.1) is 5.10 Å². The highest BCUT2D eigenvalue weighted by Gasteiger charge is 2.08. The Morgan fingerprint density at radius 2 is 2.30 bits per heavy atom. The molecule has 0 aliphatic carbocycles. The van der Waals surface area contributed by atoms with Crippen LogP contribution >= 0.6 is 11.6 Å². The van der Waals surface area contributed by atoms with Crippen molar-refractivity contribution in [1.82, 2.24) is 15.2 Å². The molecule has 7 heteroatoms. The summed E-state index contributed by atoms with van der Waals surface area (Å²) >= 11 is 6.04. The van der Waals surface area contributed by atoms with Crippen molar-refractivity contribution in [2.24, 2.45) is 0 Å². The Morgan fingerprint density at radius 1 is 1.50 bits per heavy atom. The molecule has 1 aromatic carbocycles. The van der Waals surface area contributed by atoms with Gasteiger partial charge in [-0.05, 0) is 30.5 Å². The topological polar surface area (TPSA) is 79.9 Å². The Kier molecular flexibility index (Phi) is 4.57. The Bertz CT molecular complexity index is 612. The molecule has 1 heterocycles. The zero-order valence-electron chi connectivity index (χ0n) is 11.2. The van der Waals surface area contributed by atoms with E-state index in [-0.39, 0.29) is 17.9 Å². The minimum absolute atomic E-state index is 0.152. The van der Waals surface area contributed by atoms with Gasteiger partial charge in [0.2, 0.25) is 11.9 Å². The fraction of sp³-hybridized carbons (Fsp3) is 0.308. The first kappa shape index (κ1) is 14.3. The maximum atomic E-state index is 11.8. The van der Waals surface area contributed by atoms with Crippen LogP contribution in [0.3, 0.4) is 0 Å². The molecule has 0 fully saturated rings. The van der Waals surface area contributed by atoms with Crippen molar-refractivity contribution < 1.29 is 9.53 Å². The van der Waals surface area contributed by atoms with Gasteiger partial charge in [0, 0.05) is 11.4 Å². The molecule has 20 heavy (non-hydrogen) atoms. The summed E-state index contributed by atoms with van der Waals surface area (Å²) in [5.74, 6) is 0.120. The van der Waals surface area contributed by atoms with Crippen LogP contribution < -0.4 is 10.1 Å². The van der Waals surface area contributed by atoms with Crippen LogP contribution in [-0.2, 0) is 11.2 Å². The number of amides is 1. The molecule has 0 aliphatic heterocycles. The first-order chi connectivity index (χ1) is 9.58. The summed E-state index contributed by atoms with van der Waals surface area (Å²) in [6, 6.07) is 5.97. The molecule has 0 saturated carbocycles. The van der Waals surface area contributed by atoms with Crippen molar-refractivity contribution in [3.63, 3.8) is 0 Å². The summed E-state index contributed by atoms with van der Waals surface area (Å²) in [6.45, 7) is 1.94. The van der Waals surface area contributed by atoms with Crippen molar-refractivity contribution >= 4 is 23.5 Å². The minimum atomic E-state index is -0.152. The molecule has 0 aliphatic rings. The SMILES string of the molecule is COc1n[nH]c(NC(=O)CCc2ccc(C)c(Cl)c2)n1. The third-order valence-corrected chi connectivity index (χ3v) is 3.19. The monoisotopic (exact) mass is 294 g/mol. The molecule has 106 valence electrons. The molecule has 1 aromatic heterocycles. The number of hydrogen-bond acceptors (Lipinski definition) is 4. The number of methoxy groups -OCH3 is 1. The molecule has 1 amide bonds. The van der Waals surface area contributed by atoms with Crippen molar-refractivity contribution in [1.29, 1.82) is 0 Å². The maximum Gasteiger partial charge on any atom is 0.336 e.